The molecule has 3 rings (SSSR count). The number of fused-ring (bicyclic) bond motifs is 1. The number of pyridine rings is 1. The fourth-order valence-electron chi connectivity index (χ4n) is 2.40. The van der Waals surface area contributed by atoms with Crippen molar-refractivity contribution >= 4 is 22.5 Å². The van der Waals surface area contributed by atoms with E-state index in [9.17, 15) is 9.18 Å². The Labute approximate surface area is 151 Å². The summed E-state index contributed by atoms with van der Waals surface area (Å²) in [7, 11) is 0. The average molecular weight is 350 g/mol. The van der Waals surface area contributed by atoms with Gasteiger partial charge in [0.2, 0.25) is 0 Å². The molecule has 1 amide bonds. The number of para-hydroxylation sites is 1. The molecule has 0 atom stereocenters. The van der Waals surface area contributed by atoms with Gasteiger partial charge >= 0.3 is 0 Å². The first-order chi connectivity index (χ1) is 12.5. The Morgan fingerprint density at radius 3 is 2.65 bits per heavy atom. The van der Waals surface area contributed by atoms with Crippen LogP contribution in [0.25, 0.3) is 10.9 Å². The van der Waals surface area contributed by atoms with Crippen LogP contribution in [0.15, 0.2) is 66.2 Å². The summed E-state index contributed by atoms with van der Waals surface area (Å²) in [5, 5.41) is 3.46. The number of hydrogen-bond donors (Lipinski definition) is 1. The molecule has 0 aliphatic heterocycles. The molecule has 1 aromatic heterocycles. The molecule has 0 unspecified atom stereocenters. The highest BCUT2D eigenvalue weighted by Gasteiger charge is 2.11. The highest BCUT2D eigenvalue weighted by Crippen LogP contribution is 2.23. The second kappa shape index (κ2) is 7.78. The predicted molar refractivity (Wildman–Crippen MR) is 101 cm³/mol. The van der Waals surface area contributed by atoms with E-state index in [1.807, 2.05) is 50.3 Å². The predicted octanol–water partition coefficient (Wildman–Crippen LogP) is 4.97. The third-order valence-electron chi connectivity index (χ3n) is 3.76. The molecule has 5 heteroatoms. The molecular formula is C21H19FN2O2. The molecule has 26 heavy (non-hydrogen) atoms. The lowest BCUT2D eigenvalue weighted by Gasteiger charge is -2.08. The summed E-state index contributed by atoms with van der Waals surface area (Å²) < 4.78 is 19.5. The first kappa shape index (κ1) is 17.6. The molecule has 0 bridgehead atoms. The largest absolute Gasteiger partial charge is 0.485 e. The summed E-state index contributed by atoms with van der Waals surface area (Å²) in [5.74, 6) is -0.841. The average Bonchev–Trinajstić information content (AvgIpc) is 2.62. The molecule has 1 N–H and O–H groups in total. The van der Waals surface area contributed by atoms with Crippen molar-refractivity contribution in [1.29, 1.82) is 0 Å². The minimum atomic E-state index is -0.666. The van der Waals surface area contributed by atoms with E-state index >= 15 is 0 Å². The maximum atomic E-state index is 14.1. The lowest BCUT2D eigenvalue weighted by Crippen LogP contribution is -2.11. The van der Waals surface area contributed by atoms with Gasteiger partial charge in [-0.2, -0.15) is 4.39 Å². The molecule has 0 radical (unpaired) electrons. The van der Waals surface area contributed by atoms with Gasteiger partial charge in [0.25, 0.3) is 11.9 Å². The van der Waals surface area contributed by atoms with Crippen molar-refractivity contribution < 1.29 is 13.9 Å². The SMILES string of the molecule is CC(C)=CCOc1cc2cc(C(=O)Nc3ccccc3)ccc2nc1F. The molecule has 2 aromatic carbocycles. The number of anilines is 1. The Morgan fingerprint density at radius 1 is 1.15 bits per heavy atom. The molecule has 0 saturated carbocycles. The van der Waals surface area contributed by atoms with E-state index in [0.29, 0.717) is 22.2 Å². The van der Waals surface area contributed by atoms with Crippen molar-refractivity contribution in [2.45, 2.75) is 13.8 Å². The maximum absolute atomic E-state index is 14.1. The monoisotopic (exact) mass is 350 g/mol. The van der Waals surface area contributed by atoms with Crippen LogP contribution in [0.2, 0.25) is 0 Å². The van der Waals surface area contributed by atoms with Crippen LogP contribution in [0.1, 0.15) is 24.2 Å². The second-order valence-corrected chi connectivity index (χ2v) is 6.10. The molecule has 132 valence electrons. The minimum absolute atomic E-state index is 0.0654. The first-order valence-electron chi connectivity index (χ1n) is 8.26. The lowest BCUT2D eigenvalue weighted by molar-refractivity contribution is 0.102. The highest BCUT2D eigenvalue weighted by molar-refractivity contribution is 6.06. The van der Waals surface area contributed by atoms with Crippen molar-refractivity contribution in [2.75, 3.05) is 11.9 Å². The first-order valence-corrected chi connectivity index (χ1v) is 8.26. The van der Waals surface area contributed by atoms with Crippen LogP contribution in [0.5, 0.6) is 5.75 Å². The van der Waals surface area contributed by atoms with Crippen molar-refractivity contribution in [3.8, 4) is 5.75 Å². The van der Waals surface area contributed by atoms with E-state index < -0.39 is 5.95 Å². The van der Waals surface area contributed by atoms with Gasteiger partial charge in [-0.25, -0.2) is 4.98 Å². The summed E-state index contributed by atoms with van der Waals surface area (Å²) >= 11 is 0. The normalized spacial score (nSPS) is 10.4. The number of ether oxygens (including phenoxy) is 1. The Bertz CT molecular complexity index is 964. The fraction of sp³-hybridized carbons (Fsp3) is 0.143. The summed E-state index contributed by atoms with van der Waals surface area (Å²) in [6.07, 6.45) is 1.85. The number of carbonyl (C=O) groups is 1. The van der Waals surface area contributed by atoms with Gasteiger partial charge in [0.1, 0.15) is 6.61 Å². The van der Waals surface area contributed by atoms with Crippen LogP contribution in [-0.2, 0) is 0 Å². The molecule has 0 aliphatic carbocycles. The van der Waals surface area contributed by atoms with Crippen molar-refractivity contribution in [3.63, 3.8) is 0 Å². The molecule has 0 fully saturated rings. The van der Waals surface area contributed by atoms with E-state index in [1.165, 1.54) is 0 Å². The quantitative estimate of drug-likeness (QED) is 0.522. The van der Waals surface area contributed by atoms with E-state index in [-0.39, 0.29) is 18.3 Å². The summed E-state index contributed by atoms with van der Waals surface area (Å²) in [6, 6.07) is 15.7. The standard InChI is InChI=1S/C21H19FN2O2/c1-14(2)10-11-26-19-13-16-12-15(8-9-18(16)24-20(19)22)21(25)23-17-6-4-3-5-7-17/h3-10,12-13H,11H2,1-2H3,(H,23,25). The number of carbonyl (C=O) groups excluding carboxylic acids is 1. The Hall–Kier alpha value is -3.21. The van der Waals surface area contributed by atoms with Crippen LogP contribution >= 0.6 is 0 Å². The molecule has 0 spiro atoms. The number of aromatic nitrogens is 1. The van der Waals surface area contributed by atoms with Crippen LogP contribution in [-0.4, -0.2) is 17.5 Å². The Kier molecular flexibility index (Phi) is 5.27. The van der Waals surface area contributed by atoms with Crippen molar-refractivity contribution in [2.24, 2.45) is 0 Å². The van der Waals surface area contributed by atoms with Crippen molar-refractivity contribution in [1.82, 2.24) is 4.98 Å². The second-order valence-electron chi connectivity index (χ2n) is 6.10. The van der Waals surface area contributed by atoms with E-state index in [1.54, 1.807) is 24.3 Å². The molecule has 4 nitrogen and oxygen atoms in total. The third-order valence-corrected chi connectivity index (χ3v) is 3.76. The molecular weight excluding hydrogens is 331 g/mol. The number of amides is 1. The fourth-order valence-corrected chi connectivity index (χ4v) is 2.40. The number of benzene rings is 2. The van der Waals surface area contributed by atoms with Gasteiger partial charge in [0.05, 0.1) is 5.52 Å². The zero-order valence-corrected chi connectivity index (χ0v) is 14.6. The van der Waals surface area contributed by atoms with Gasteiger partial charge in [-0.1, -0.05) is 23.8 Å². The van der Waals surface area contributed by atoms with Crippen LogP contribution in [0, 0.1) is 5.95 Å². The van der Waals surface area contributed by atoms with Gasteiger partial charge in [0.15, 0.2) is 5.75 Å². The van der Waals surface area contributed by atoms with E-state index in [2.05, 4.69) is 10.3 Å². The lowest BCUT2D eigenvalue weighted by atomic mass is 10.1. The zero-order chi connectivity index (χ0) is 18.5. The van der Waals surface area contributed by atoms with Gasteiger partial charge < -0.3 is 10.1 Å². The zero-order valence-electron chi connectivity index (χ0n) is 14.6. The van der Waals surface area contributed by atoms with Gasteiger partial charge in [-0.15, -0.1) is 0 Å². The van der Waals surface area contributed by atoms with Crippen LogP contribution in [0.3, 0.4) is 0 Å². The minimum Gasteiger partial charge on any atom is -0.485 e. The number of hydrogen-bond acceptors (Lipinski definition) is 3. The van der Waals surface area contributed by atoms with E-state index in [0.717, 1.165) is 5.57 Å². The van der Waals surface area contributed by atoms with Crippen LogP contribution in [0.4, 0.5) is 10.1 Å². The smallest absolute Gasteiger partial charge is 0.255 e. The number of halogens is 1. The summed E-state index contributed by atoms with van der Waals surface area (Å²) in [4.78, 5) is 16.3. The number of nitrogens with zero attached hydrogens (tertiary/aromatic N) is 1. The molecule has 1 heterocycles. The molecule has 3 aromatic rings. The van der Waals surface area contributed by atoms with Gasteiger partial charge in [-0.05, 0) is 56.3 Å². The Balaban J connectivity index is 1.85. The van der Waals surface area contributed by atoms with Gasteiger partial charge in [0, 0.05) is 16.6 Å². The topological polar surface area (TPSA) is 51.2 Å². The third kappa shape index (κ3) is 4.25. The van der Waals surface area contributed by atoms with Crippen molar-refractivity contribution in [3.05, 3.63) is 77.8 Å². The van der Waals surface area contributed by atoms with E-state index in [4.69, 9.17) is 4.74 Å². The number of allylic oxidation sites excluding steroid dienone is 1. The van der Waals surface area contributed by atoms with Gasteiger partial charge in [-0.3, -0.25) is 4.79 Å². The number of rotatable bonds is 5. The summed E-state index contributed by atoms with van der Waals surface area (Å²) in [5.41, 5.74) is 2.72. The maximum Gasteiger partial charge on any atom is 0.255 e. The number of nitrogens with one attached hydrogen (secondary N) is 1. The Morgan fingerprint density at radius 2 is 1.92 bits per heavy atom. The van der Waals surface area contributed by atoms with Crippen LogP contribution < -0.4 is 10.1 Å². The summed E-state index contributed by atoms with van der Waals surface area (Å²) in [6.45, 7) is 4.15. The molecule has 0 saturated heterocycles. The highest BCUT2D eigenvalue weighted by atomic mass is 19.1. The molecule has 0 aliphatic rings.